The van der Waals surface area contributed by atoms with Crippen molar-refractivity contribution < 1.29 is 0 Å². The van der Waals surface area contributed by atoms with Gasteiger partial charge in [0, 0.05) is 38.3 Å². The molecule has 1 aromatic rings. The minimum atomic E-state index is 0.172. The molecule has 0 unspecified atom stereocenters. The smallest absolute Gasteiger partial charge is 0.0638 e. The molecule has 0 amide bonds. The maximum Gasteiger partial charge on any atom is 0.0638 e. The average Bonchev–Trinajstić information content (AvgIpc) is 2.55. The second-order valence-electron chi connectivity index (χ2n) is 5.34. The lowest BCUT2D eigenvalue weighted by Gasteiger charge is -2.23. The number of hydrogen-bond donors (Lipinski definition) is 1. The summed E-state index contributed by atoms with van der Waals surface area (Å²) in [6.07, 6.45) is 3.60. The van der Waals surface area contributed by atoms with Crippen LogP contribution in [0.4, 0.5) is 0 Å². The van der Waals surface area contributed by atoms with Crippen molar-refractivity contribution in [2.75, 3.05) is 6.54 Å². The minimum absolute atomic E-state index is 0.172. The first-order valence-corrected chi connectivity index (χ1v) is 6.01. The van der Waals surface area contributed by atoms with Crippen LogP contribution in [0.25, 0.3) is 0 Å². The third-order valence-electron chi connectivity index (χ3n) is 2.95. The normalized spacial score (nSPS) is 11.5. The molecule has 0 saturated heterocycles. The van der Waals surface area contributed by atoms with Gasteiger partial charge in [-0.3, -0.25) is 4.68 Å². The van der Waals surface area contributed by atoms with Crippen molar-refractivity contribution in [2.45, 2.75) is 40.2 Å². The molecule has 1 N–H and O–H groups in total. The maximum absolute atomic E-state index is 8.59. The Morgan fingerprint density at radius 1 is 1.53 bits per heavy atom. The van der Waals surface area contributed by atoms with Gasteiger partial charge in [-0.2, -0.15) is 10.4 Å². The van der Waals surface area contributed by atoms with Gasteiger partial charge in [0.1, 0.15) is 0 Å². The summed E-state index contributed by atoms with van der Waals surface area (Å²) in [5.41, 5.74) is 2.49. The van der Waals surface area contributed by atoms with E-state index in [-0.39, 0.29) is 5.41 Å². The summed E-state index contributed by atoms with van der Waals surface area (Å²) in [6.45, 7) is 8.16. The van der Waals surface area contributed by atoms with E-state index in [9.17, 15) is 0 Å². The van der Waals surface area contributed by atoms with Crippen LogP contribution in [0.2, 0.25) is 0 Å². The van der Waals surface area contributed by atoms with Gasteiger partial charge in [-0.25, -0.2) is 0 Å². The van der Waals surface area contributed by atoms with E-state index in [0.29, 0.717) is 6.42 Å². The largest absolute Gasteiger partial charge is 0.312 e. The maximum atomic E-state index is 8.59. The minimum Gasteiger partial charge on any atom is -0.312 e. The van der Waals surface area contributed by atoms with Crippen LogP contribution >= 0.6 is 0 Å². The van der Waals surface area contributed by atoms with Crippen molar-refractivity contribution in [3.63, 3.8) is 0 Å². The standard InChI is InChI=1S/C13H22N4/c1-11-12(9-17(4)16-11)8-15-10-13(2,3)6-5-7-14/h9,15H,5-6,8,10H2,1-4H3. The Kier molecular flexibility index (Phi) is 4.71. The van der Waals surface area contributed by atoms with Gasteiger partial charge in [0.15, 0.2) is 0 Å². The van der Waals surface area contributed by atoms with Crippen LogP contribution in [-0.2, 0) is 13.6 Å². The van der Waals surface area contributed by atoms with Gasteiger partial charge in [0.2, 0.25) is 0 Å². The molecule has 4 heteroatoms. The quantitative estimate of drug-likeness (QED) is 0.820. The molecule has 1 rings (SSSR count). The Balaban J connectivity index is 2.37. The molecule has 0 atom stereocenters. The molecule has 0 fully saturated rings. The van der Waals surface area contributed by atoms with Crippen LogP contribution in [0.1, 0.15) is 37.9 Å². The van der Waals surface area contributed by atoms with Crippen molar-refractivity contribution in [3.05, 3.63) is 17.5 Å². The van der Waals surface area contributed by atoms with Crippen molar-refractivity contribution >= 4 is 0 Å². The van der Waals surface area contributed by atoms with Crippen molar-refractivity contribution in [3.8, 4) is 6.07 Å². The molecule has 0 radical (unpaired) electrons. The summed E-state index contributed by atoms with van der Waals surface area (Å²) < 4.78 is 1.84. The Labute approximate surface area is 104 Å². The summed E-state index contributed by atoms with van der Waals surface area (Å²) in [6, 6.07) is 2.20. The lowest BCUT2D eigenvalue weighted by atomic mass is 9.88. The van der Waals surface area contributed by atoms with Crippen LogP contribution in [-0.4, -0.2) is 16.3 Å². The molecule has 0 aliphatic carbocycles. The first-order valence-electron chi connectivity index (χ1n) is 6.01. The van der Waals surface area contributed by atoms with Crippen LogP contribution in [0.5, 0.6) is 0 Å². The Morgan fingerprint density at radius 2 is 2.24 bits per heavy atom. The third kappa shape index (κ3) is 4.58. The number of nitrogens with one attached hydrogen (secondary N) is 1. The zero-order valence-electron chi connectivity index (χ0n) is 11.2. The highest BCUT2D eigenvalue weighted by atomic mass is 15.2. The summed E-state index contributed by atoms with van der Waals surface area (Å²) >= 11 is 0. The summed E-state index contributed by atoms with van der Waals surface area (Å²) in [4.78, 5) is 0. The van der Waals surface area contributed by atoms with Crippen LogP contribution in [0.3, 0.4) is 0 Å². The van der Waals surface area contributed by atoms with E-state index in [1.165, 1.54) is 5.56 Å². The lowest BCUT2D eigenvalue weighted by molar-refractivity contribution is 0.317. The lowest BCUT2D eigenvalue weighted by Crippen LogP contribution is -2.29. The molecule has 0 aliphatic heterocycles. The van der Waals surface area contributed by atoms with E-state index in [1.807, 2.05) is 24.9 Å². The number of aryl methyl sites for hydroxylation is 2. The van der Waals surface area contributed by atoms with E-state index in [1.54, 1.807) is 0 Å². The first-order chi connectivity index (χ1) is 7.94. The predicted octanol–water partition coefficient (Wildman–Crippen LogP) is 2.15. The topological polar surface area (TPSA) is 53.6 Å². The Morgan fingerprint density at radius 3 is 2.76 bits per heavy atom. The molecule has 0 aliphatic rings. The van der Waals surface area contributed by atoms with Crippen molar-refractivity contribution in [1.82, 2.24) is 15.1 Å². The molecular formula is C13H22N4. The molecule has 0 bridgehead atoms. The van der Waals surface area contributed by atoms with Crippen LogP contribution < -0.4 is 5.32 Å². The van der Waals surface area contributed by atoms with Gasteiger partial charge in [-0.15, -0.1) is 0 Å². The van der Waals surface area contributed by atoms with Crippen molar-refractivity contribution in [1.29, 1.82) is 5.26 Å². The summed E-state index contributed by atoms with van der Waals surface area (Å²) in [7, 11) is 1.94. The van der Waals surface area contributed by atoms with E-state index in [4.69, 9.17) is 5.26 Å². The number of hydrogen-bond acceptors (Lipinski definition) is 3. The SMILES string of the molecule is Cc1nn(C)cc1CNCC(C)(C)CCC#N. The first kappa shape index (κ1) is 13.7. The molecular weight excluding hydrogens is 212 g/mol. The molecule has 0 aromatic carbocycles. The zero-order chi connectivity index (χ0) is 12.9. The fourth-order valence-electron chi connectivity index (χ4n) is 1.84. The summed E-state index contributed by atoms with van der Waals surface area (Å²) in [5.74, 6) is 0. The number of nitriles is 1. The third-order valence-corrected chi connectivity index (χ3v) is 2.95. The molecule has 0 spiro atoms. The van der Waals surface area contributed by atoms with Gasteiger partial charge in [0.25, 0.3) is 0 Å². The molecule has 1 heterocycles. The molecule has 94 valence electrons. The second kappa shape index (κ2) is 5.83. The summed E-state index contributed by atoms with van der Waals surface area (Å²) in [5, 5.41) is 16.3. The van der Waals surface area contributed by atoms with E-state index >= 15 is 0 Å². The Hall–Kier alpha value is -1.34. The zero-order valence-corrected chi connectivity index (χ0v) is 11.2. The fourth-order valence-corrected chi connectivity index (χ4v) is 1.84. The highest BCUT2D eigenvalue weighted by Crippen LogP contribution is 2.20. The molecule has 1 aromatic heterocycles. The Bertz CT molecular complexity index is 398. The number of aromatic nitrogens is 2. The van der Waals surface area contributed by atoms with Gasteiger partial charge >= 0.3 is 0 Å². The van der Waals surface area contributed by atoms with E-state index < -0.39 is 0 Å². The van der Waals surface area contributed by atoms with E-state index in [0.717, 1.165) is 25.2 Å². The van der Waals surface area contributed by atoms with E-state index in [2.05, 4.69) is 30.3 Å². The number of rotatable bonds is 6. The van der Waals surface area contributed by atoms with Crippen molar-refractivity contribution in [2.24, 2.45) is 12.5 Å². The van der Waals surface area contributed by atoms with Gasteiger partial charge in [0.05, 0.1) is 11.8 Å². The molecule has 17 heavy (non-hydrogen) atoms. The second-order valence-corrected chi connectivity index (χ2v) is 5.34. The highest BCUT2D eigenvalue weighted by molar-refractivity contribution is 5.14. The van der Waals surface area contributed by atoms with Gasteiger partial charge in [-0.1, -0.05) is 13.8 Å². The fraction of sp³-hybridized carbons (Fsp3) is 0.692. The van der Waals surface area contributed by atoms with Gasteiger partial charge in [-0.05, 0) is 18.8 Å². The molecule has 0 saturated carbocycles. The monoisotopic (exact) mass is 234 g/mol. The van der Waals surface area contributed by atoms with Crippen LogP contribution in [0.15, 0.2) is 6.20 Å². The number of nitrogens with zero attached hydrogens (tertiary/aromatic N) is 3. The van der Waals surface area contributed by atoms with Crippen LogP contribution in [0, 0.1) is 23.7 Å². The average molecular weight is 234 g/mol. The predicted molar refractivity (Wildman–Crippen MR) is 68.3 cm³/mol. The highest BCUT2D eigenvalue weighted by Gasteiger charge is 2.16. The van der Waals surface area contributed by atoms with Gasteiger partial charge < -0.3 is 5.32 Å². The molecule has 4 nitrogen and oxygen atoms in total.